The third kappa shape index (κ3) is 4.90. The fourth-order valence-electron chi connectivity index (χ4n) is 8.79. The van der Waals surface area contributed by atoms with Crippen LogP contribution in [-0.2, 0) is 26.5 Å². The van der Waals surface area contributed by atoms with Gasteiger partial charge in [0.15, 0.2) is 0 Å². The summed E-state index contributed by atoms with van der Waals surface area (Å²) >= 11 is 0. The van der Waals surface area contributed by atoms with Crippen LogP contribution >= 0.6 is 0 Å². The Bertz CT molecular complexity index is 2870. The molecule has 11 rings (SSSR count). The smallest absolute Gasteiger partial charge is 0.145 e. The van der Waals surface area contributed by atoms with Crippen molar-refractivity contribution in [1.82, 2.24) is 9.55 Å². The zero-order valence-corrected chi connectivity index (χ0v) is 32.1. The molecule has 0 atom stereocenters. The van der Waals surface area contributed by atoms with Crippen LogP contribution in [0.1, 0.15) is 22.3 Å². The Morgan fingerprint density at radius 3 is 2.04 bits per heavy atom. The maximum atomic E-state index is 4.98. The summed E-state index contributed by atoms with van der Waals surface area (Å²) in [7, 11) is 1.99. The number of fused-ring (bicyclic) bond motifs is 7. The Morgan fingerprint density at radius 2 is 1.24 bits per heavy atom. The molecule has 0 saturated heterocycles. The van der Waals surface area contributed by atoms with E-state index >= 15 is 0 Å². The Kier molecular flexibility index (Phi) is 7.84. The molecule has 1 aliphatic carbocycles. The number of rotatable bonds is 5. The fraction of sp³-hybridized carbons (Fsp3) is 0.0408. The summed E-state index contributed by atoms with van der Waals surface area (Å²) in [6.45, 7) is 0. The van der Waals surface area contributed by atoms with Crippen LogP contribution in [0.15, 0.2) is 176 Å². The van der Waals surface area contributed by atoms with Gasteiger partial charge in [0.05, 0.1) is 7.05 Å². The molecule has 0 bridgehead atoms. The summed E-state index contributed by atoms with van der Waals surface area (Å²) < 4.78 is 2.27. The van der Waals surface area contributed by atoms with Crippen molar-refractivity contribution in [3.8, 4) is 28.1 Å². The van der Waals surface area contributed by atoms with E-state index < -0.39 is 5.41 Å². The van der Waals surface area contributed by atoms with E-state index in [0.29, 0.717) is 0 Å². The van der Waals surface area contributed by atoms with Crippen molar-refractivity contribution in [3.05, 3.63) is 210 Å². The van der Waals surface area contributed by atoms with Crippen LogP contribution in [0.2, 0.25) is 0 Å². The average molecular weight is 889 g/mol. The van der Waals surface area contributed by atoms with Gasteiger partial charge in [0, 0.05) is 43.9 Å². The SMILES string of the molecule is CN1[OH+]N(c2[c-]c(C3(c4[c-]c5c(cc4)c4ccccc4n5-c4cc(-c5ccccc5)ccn4)c4ccccc4-c4ccccc43)ccc2)c2ccccc21.[Pt]. The fourth-order valence-corrected chi connectivity index (χ4v) is 8.79. The molecule has 266 valence electrons. The zero-order chi connectivity index (χ0) is 35.8. The van der Waals surface area contributed by atoms with Crippen molar-refractivity contribution in [2.75, 3.05) is 17.2 Å². The molecular weight excluding hydrogens is 856 g/mol. The Morgan fingerprint density at radius 1 is 0.564 bits per heavy atom. The van der Waals surface area contributed by atoms with Gasteiger partial charge in [-0.05, 0) is 69.1 Å². The first-order valence-electron chi connectivity index (χ1n) is 18.2. The van der Waals surface area contributed by atoms with Gasteiger partial charge in [-0.3, -0.25) is 0 Å². The Balaban J connectivity index is 0.00000372. The molecule has 6 heteroatoms. The zero-order valence-electron chi connectivity index (χ0n) is 29.8. The minimum atomic E-state index is -0.719. The summed E-state index contributed by atoms with van der Waals surface area (Å²) in [6.07, 6.45) is 1.91. The Labute approximate surface area is 333 Å². The molecule has 0 radical (unpaired) electrons. The second kappa shape index (κ2) is 12.9. The van der Waals surface area contributed by atoms with E-state index in [1.165, 1.54) is 22.3 Å². The van der Waals surface area contributed by atoms with Crippen molar-refractivity contribution in [2.24, 2.45) is 0 Å². The first-order valence-corrected chi connectivity index (χ1v) is 18.2. The normalized spacial score (nSPS) is 13.8. The van der Waals surface area contributed by atoms with E-state index in [4.69, 9.17) is 9.92 Å². The number of para-hydroxylation sites is 3. The number of hydrogen-bond donors (Lipinski definition) is 0. The molecule has 9 aromatic rings. The Hall–Kier alpha value is -6.26. The topological polar surface area (TPSA) is 37.1 Å². The van der Waals surface area contributed by atoms with Gasteiger partial charge in [0.2, 0.25) is 0 Å². The molecule has 3 heterocycles. The van der Waals surface area contributed by atoms with Gasteiger partial charge in [-0.25, -0.2) is 4.98 Å². The molecule has 0 unspecified atom stereocenters. The van der Waals surface area contributed by atoms with E-state index in [9.17, 15) is 0 Å². The number of anilines is 3. The quantitative estimate of drug-likeness (QED) is 0.128. The molecule has 7 aromatic carbocycles. The molecule has 1 aliphatic heterocycles. The largest absolute Gasteiger partial charge is 0.319 e. The van der Waals surface area contributed by atoms with Crippen molar-refractivity contribution in [1.29, 1.82) is 0 Å². The van der Waals surface area contributed by atoms with Gasteiger partial charge in [0.1, 0.15) is 17.2 Å². The van der Waals surface area contributed by atoms with Crippen LogP contribution in [0.3, 0.4) is 0 Å². The molecule has 2 aliphatic rings. The molecule has 0 amide bonds. The van der Waals surface area contributed by atoms with Crippen molar-refractivity contribution < 1.29 is 26.0 Å². The minimum Gasteiger partial charge on any atom is -0.319 e. The van der Waals surface area contributed by atoms with Crippen molar-refractivity contribution >= 4 is 38.9 Å². The van der Waals surface area contributed by atoms with E-state index in [1.807, 2.05) is 23.4 Å². The molecular formula is C49H33N4OPt-. The summed E-state index contributed by atoms with van der Waals surface area (Å²) in [6, 6.07) is 68.3. The second-order valence-electron chi connectivity index (χ2n) is 14.0. The van der Waals surface area contributed by atoms with Crippen molar-refractivity contribution in [3.63, 3.8) is 0 Å². The minimum absolute atomic E-state index is 0. The number of hydroxylamine groups is 1. The third-order valence-corrected chi connectivity index (χ3v) is 11.1. The van der Waals surface area contributed by atoms with E-state index in [1.54, 1.807) is 0 Å². The first-order chi connectivity index (χ1) is 26.7. The summed E-state index contributed by atoms with van der Waals surface area (Å²) in [5.41, 5.74) is 13.5. The molecule has 0 fully saturated rings. The van der Waals surface area contributed by atoms with Gasteiger partial charge < -0.3 is 4.57 Å². The molecule has 5 nitrogen and oxygen atoms in total. The predicted molar refractivity (Wildman–Crippen MR) is 218 cm³/mol. The van der Waals surface area contributed by atoms with E-state index in [0.717, 1.165) is 66.9 Å². The number of hydrogen-bond acceptors (Lipinski definition) is 3. The first kappa shape index (κ1) is 33.3. The van der Waals surface area contributed by atoms with Gasteiger partial charge >= 0.3 is 0 Å². The molecule has 0 spiro atoms. The average Bonchev–Trinajstić information content (AvgIpc) is 3.87. The third-order valence-electron chi connectivity index (χ3n) is 11.1. The van der Waals surface area contributed by atoms with E-state index in [-0.39, 0.29) is 21.1 Å². The summed E-state index contributed by atoms with van der Waals surface area (Å²) in [5, 5.41) is 6.21. The number of aromatic nitrogens is 2. The number of benzene rings is 7. The standard InChI is InChI=1S/C49H32N4O.Pt/c1-51-45-24-11-12-25-46(45)53(54-51)37-17-13-16-35(31-37)49(42-21-8-5-18-38(42)39-19-6-9-22-43(39)49)36-26-27-41-40-20-7-10-23-44(40)52(47(41)32-36)48-30-34(28-29-50-48)33-14-3-2-4-15-33;/h2-30H,1H3;/q-2;/p+1. The molecule has 55 heavy (non-hydrogen) atoms. The summed E-state index contributed by atoms with van der Waals surface area (Å²) in [4.78, 5) is 9.91. The van der Waals surface area contributed by atoms with Crippen molar-refractivity contribution in [2.45, 2.75) is 5.41 Å². The predicted octanol–water partition coefficient (Wildman–Crippen LogP) is 11.2. The maximum absolute atomic E-state index is 4.98. The van der Waals surface area contributed by atoms with Crippen LogP contribution < -0.4 is 10.1 Å². The second-order valence-corrected chi connectivity index (χ2v) is 14.0. The van der Waals surface area contributed by atoms with Gasteiger partial charge in [-0.2, -0.15) is 35.3 Å². The number of pyridine rings is 1. The van der Waals surface area contributed by atoms with Crippen LogP contribution in [-0.4, -0.2) is 21.5 Å². The van der Waals surface area contributed by atoms with Crippen LogP contribution in [0.25, 0.3) is 49.9 Å². The van der Waals surface area contributed by atoms with Gasteiger partial charge in [-0.1, -0.05) is 115 Å². The monoisotopic (exact) mass is 888 g/mol. The number of nitrogens with zero attached hydrogens (tertiary/aromatic N) is 4. The van der Waals surface area contributed by atoms with Gasteiger partial charge in [0.25, 0.3) is 0 Å². The van der Waals surface area contributed by atoms with Crippen LogP contribution in [0.4, 0.5) is 17.1 Å². The van der Waals surface area contributed by atoms with E-state index in [2.05, 4.69) is 187 Å². The summed E-state index contributed by atoms with van der Waals surface area (Å²) in [5.74, 6) is 0.851. The maximum Gasteiger partial charge on any atom is 0.145 e. The van der Waals surface area contributed by atoms with Crippen LogP contribution in [0.5, 0.6) is 0 Å². The van der Waals surface area contributed by atoms with Gasteiger partial charge in [-0.15, -0.1) is 38.8 Å². The molecule has 2 aromatic heterocycles. The molecule has 1 N–H and O–H groups in total. The molecule has 0 saturated carbocycles. The van der Waals surface area contributed by atoms with Crippen LogP contribution in [0, 0.1) is 12.1 Å².